The van der Waals surface area contributed by atoms with Gasteiger partial charge in [0.25, 0.3) is 0 Å². The smallest absolute Gasteiger partial charge is 0.455 e. The Bertz CT molecular complexity index is 650. The van der Waals surface area contributed by atoms with E-state index >= 15 is 0 Å². The van der Waals surface area contributed by atoms with Crippen LogP contribution in [0.25, 0.3) is 0 Å². The topological polar surface area (TPSA) is 29.5 Å². The highest BCUT2D eigenvalue weighted by molar-refractivity contribution is 5.35. The first-order chi connectivity index (χ1) is 10.6. The molecule has 0 amide bonds. The van der Waals surface area contributed by atoms with E-state index in [1.165, 1.54) is 0 Å². The van der Waals surface area contributed by atoms with Gasteiger partial charge in [0.1, 0.15) is 11.5 Å². The monoisotopic (exact) mass is 336 g/mol. The molecule has 0 bridgehead atoms. The molecule has 0 aliphatic heterocycles. The van der Waals surface area contributed by atoms with Gasteiger partial charge in [-0.1, -0.05) is 18.2 Å². The molecule has 0 radical (unpaired) electrons. The highest BCUT2D eigenvalue weighted by atomic mass is 19.4. The molecule has 2 nitrogen and oxygen atoms in total. The van der Waals surface area contributed by atoms with Gasteiger partial charge in [0.05, 0.1) is 0 Å². The average molecular weight is 336 g/mol. The van der Waals surface area contributed by atoms with Crippen LogP contribution in [0.1, 0.15) is 5.56 Å². The van der Waals surface area contributed by atoms with E-state index in [2.05, 4.69) is 0 Å². The highest BCUT2D eigenvalue weighted by Gasteiger charge is 2.71. The molecule has 0 saturated heterocycles. The maximum absolute atomic E-state index is 13.6. The predicted molar refractivity (Wildman–Crippen MR) is 69.0 cm³/mol. The summed E-state index contributed by atoms with van der Waals surface area (Å²) in [5, 5.41) is 8.56. The second kappa shape index (κ2) is 5.77. The molecule has 0 heterocycles. The van der Waals surface area contributed by atoms with Crippen molar-refractivity contribution >= 4 is 0 Å². The third kappa shape index (κ3) is 3.26. The maximum Gasteiger partial charge on any atom is 0.455 e. The summed E-state index contributed by atoms with van der Waals surface area (Å²) in [6.07, 6.45) is -6.14. The molecule has 0 fully saturated rings. The van der Waals surface area contributed by atoms with E-state index in [9.17, 15) is 26.3 Å². The van der Waals surface area contributed by atoms with E-state index in [1.54, 1.807) is 30.3 Å². The lowest BCUT2D eigenvalue weighted by atomic mass is 10.0. The van der Waals surface area contributed by atoms with Crippen molar-refractivity contribution in [2.45, 2.75) is 18.0 Å². The summed E-state index contributed by atoms with van der Waals surface area (Å²) in [5.41, 5.74) is -1.33. The predicted octanol–water partition coefficient (Wildman–Crippen LogP) is 4.79. The largest absolute Gasteiger partial charge is 0.457 e. The van der Waals surface area contributed by atoms with Crippen molar-refractivity contribution in [1.82, 2.24) is 0 Å². The molecule has 2 aromatic carbocycles. The van der Waals surface area contributed by atoms with Crippen molar-refractivity contribution in [3.8, 4) is 11.5 Å². The molecule has 0 spiro atoms. The first-order valence-corrected chi connectivity index (χ1v) is 6.25. The molecule has 23 heavy (non-hydrogen) atoms. The zero-order valence-corrected chi connectivity index (χ0v) is 11.3. The molecular formula is C15H10F6O2. The zero-order valence-electron chi connectivity index (χ0n) is 11.3. The lowest BCUT2D eigenvalue weighted by Crippen LogP contribution is -2.53. The molecule has 124 valence electrons. The van der Waals surface area contributed by atoms with E-state index < -0.39 is 23.5 Å². The summed E-state index contributed by atoms with van der Waals surface area (Å²) in [6, 6.07) is 11.2. The number of benzene rings is 2. The fourth-order valence-electron chi connectivity index (χ4n) is 1.73. The van der Waals surface area contributed by atoms with Crippen molar-refractivity contribution in [3.05, 3.63) is 60.2 Å². The van der Waals surface area contributed by atoms with Gasteiger partial charge in [-0.3, -0.25) is 0 Å². The molecule has 1 atom stereocenters. The molecule has 8 heteroatoms. The Labute approximate surface area is 126 Å². The molecule has 1 N–H and O–H groups in total. The maximum atomic E-state index is 13.6. The second-order valence-electron chi connectivity index (χ2n) is 4.63. The SMILES string of the molecule is OC(F)(C(F)(F)F)C(F)(F)c1ccc(Oc2ccccc2)cc1. The first-order valence-electron chi connectivity index (χ1n) is 6.25. The Morgan fingerprint density at radius 2 is 1.17 bits per heavy atom. The number of ether oxygens (including phenoxy) is 1. The summed E-state index contributed by atoms with van der Waals surface area (Å²) >= 11 is 0. The lowest BCUT2D eigenvalue weighted by Gasteiger charge is -2.30. The number of alkyl halides is 6. The second-order valence-corrected chi connectivity index (χ2v) is 4.63. The molecule has 2 aromatic rings. The molecule has 1 unspecified atom stereocenters. The van der Waals surface area contributed by atoms with Gasteiger partial charge in [0, 0.05) is 5.56 Å². The van der Waals surface area contributed by atoms with Crippen molar-refractivity contribution in [3.63, 3.8) is 0 Å². The fourth-order valence-corrected chi connectivity index (χ4v) is 1.73. The molecule has 0 aliphatic rings. The van der Waals surface area contributed by atoms with E-state index in [0.717, 1.165) is 12.1 Å². The van der Waals surface area contributed by atoms with Crippen molar-refractivity contribution in [2.75, 3.05) is 0 Å². The van der Waals surface area contributed by atoms with Gasteiger partial charge in [-0.15, -0.1) is 0 Å². The average Bonchev–Trinajstić information content (AvgIpc) is 2.47. The van der Waals surface area contributed by atoms with Crippen LogP contribution < -0.4 is 4.74 Å². The van der Waals surface area contributed by atoms with Gasteiger partial charge in [0.2, 0.25) is 0 Å². The van der Waals surface area contributed by atoms with Crippen molar-refractivity contribution < 1.29 is 36.2 Å². The van der Waals surface area contributed by atoms with Crippen LogP contribution in [-0.2, 0) is 5.92 Å². The molecule has 0 saturated carbocycles. The minimum absolute atomic E-state index is 0.0603. The summed E-state index contributed by atoms with van der Waals surface area (Å²) in [4.78, 5) is 0. The van der Waals surface area contributed by atoms with Crippen LogP contribution >= 0.6 is 0 Å². The normalized spacial score (nSPS) is 15.1. The fraction of sp³-hybridized carbons (Fsp3) is 0.200. The van der Waals surface area contributed by atoms with Crippen LogP contribution in [0.5, 0.6) is 11.5 Å². The minimum atomic E-state index is -6.14. The van der Waals surface area contributed by atoms with Crippen molar-refractivity contribution in [2.24, 2.45) is 0 Å². The number of para-hydroxylation sites is 1. The summed E-state index contributed by atoms with van der Waals surface area (Å²) < 4.78 is 82.4. The quantitative estimate of drug-likeness (QED) is 0.814. The summed E-state index contributed by atoms with van der Waals surface area (Å²) in [6.45, 7) is 0. The Kier molecular flexibility index (Phi) is 4.30. The Morgan fingerprint density at radius 1 is 0.696 bits per heavy atom. The lowest BCUT2D eigenvalue weighted by molar-refractivity contribution is -0.390. The van der Waals surface area contributed by atoms with Crippen LogP contribution in [0.2, 0.25) is 0 Å². The van der Waals surface area contributed by atoms with Gasteiger partial charge < -0.3 is 9.84 Å². The molecule has 2 rings (SSSR count). The Hall–Kier alpha value is -2.22. The van der Waals surface area contributed by atoms with Gasteiger partial charge in [0.15, 0.2) is 0 Å². The number of hydrogen-bond acceptors (Lipinski definition) is 2. The van der Waals surface area contributed by atoms with Gasteiger partial charge in [-0.05, 0) is 36.4 Å². The van der Waals surface area contributed by atoms with E-state index in [-0.39, 0.29) is 5.75 Å². The number of aliphatic hydroxyl groups is 1. The molecule has 0 aromatic heterocycles. The van der Waals surface area contributed by atoms with Crippen LogP contribution in [-0.4, -0.2) is 17.1 Å². The summed E-state index contributed by atoms with van der Waals surface area (Å²) in [5.74, 6) is -10.4. The van der Waals surface area contributed by atoms with Crippen LogP contribution in [0.15, 0.2) is 54.6 Å². The van der Waals surface area contributed by atoms with Crippen molar-refractivity contribution in [1.29, 1.82) is 0 Å². The standard InChI is InChI=1S/C15H10F6O2/c16-13(17,14(18,22)15(19,20)21)10-6-8-12(9-7-10)23-11-4-2-1-3-5-11/h1-9,22H. The Morgan fingerprint density at radius 3 is 1.65 bits per heavy atom. The number of rotatable bonds is 4. The molecule has 0 aliphatic carbocycles. The molecular weight excluding hydrogens is 326 g/mol. The van der Waals surface area contributed by atoms with E-state index in [4.69, 9.17) is 9.84 Å². The number of halogens is 6. The minimum Gasteiger partial charge on any atom is -0.457 e. The highest BCUT2D eigenvalue weighted by Crippen LogP contribution is 2.49. The zero-order chi connectivity index (χ0) is 17.3. The first kappa shape index (κ1) is 17.1. The summed E-state index contributed by atoms with van der Waals surface area (Å²) in [7, 11) is 0. The van der Waals surface area contributed by atoms with Gasteiger partial charge in [-0.25, -0.2) is 0 Å². The van der Waals surface area contributed by atoms with Gasteiger partial charge >= 0.3 is 18.0 Å². The Balaban J connectivity index is 2.25. The number of hydrogen-bond donors (Lipinski definition) is 1. The van der Waals surface area contributed by atoms with Crippen LogP contribution in [0, 0.1) is 0 Å². The van der Waals surface area contributed by atoms with E-state index in [0.29, 0.717) is 17.9 Å². The van der Waals surface area contributed by atoms with Crippen LogP contribution in [0.4, 0.5) is 26.3 Å². The third-order valence-corrected chi connectivity index (χ3v) is 2.99. The van der Waals surface area contributed by atoms with E-state index in [1.807, 2.05) is 0 Å². The third-order valence-electron chi connectivity index (χ3n) is 2.99. The van der Waals surface area contributed by atoms with Crippen LogP contribution in [0.3, 0.4) is 0 Å². The van der Waals surface area contributed by atoms with Gasteiger partial charge in [-0.2, -0.15) is 26.3 Å².